The lowest BCUT2D eigenvalue weighted by atomic mass is 9.89. The maximum absolute atomic E-state index is 13.6. The zero-order valence-electron chi connectivity index (χ0n) is 21.5. The summed E-state index contributed by atoms with van der Waals surface area (Å²) in [6.07, 6.45) is 3.27. The van der Waals surface area contributed by atoms with Crippen LogP contribution in [0.15, 0.2) is 43.0 Å². The van der Waals surface area contributed by atoms with E-state index >= 15 is 0 Å². The fourth-order valence-electron chi connectivity index (χ4n) is 5.78. The molecule has 0 aliphatic carbocycles. The smallest absolute Gasteiger partial charge is 0.318 e. The lowest BCUT2D eigenvalue weighted by molar-refractivity contribution is -0.127. The lowest BCUT2D eigenvalue weighted by Crippen LogP contribution is -2.58. The third kappa shape index (κ3) is 5.53. The third-order valence-corrected chi connectivity index (χ3v) is 7.79. The number of urea groups is 1. The molecule has 4 rings (SSSR count). The minimum atomic E-state index is -0.350. The van der Waals surface area contributed by atoms with Crippen molar-refractivity contribution in [3.63, 3.8) is 0 Å². The molecule has 0 aromatic heterocycles. The van der Waals surface area contributed by atoms with Gasteiger partial charge < -0.3 is 20.0 Å². The van der Waals surface area contributed by atoms with Crippen LogP contribution in [0.1, 0.15) is 38.3 Å². The summed E-state index contributed by atoms with van der Waals surface area (Å²) in [5.41, 5.74) is 7.66. The van der Waals surface area contributed by atoms with Crippen LogP contribution < -0.4 is 21.5 Å². The summed E-state index contributed by atoms with van der Waals surface area (Å²) in [5.74, 6) is 0.249. The lowest BCUT2D eigenvalue weighted by Gasteiger charge is -2.37. The van der Waals surface area contributed by atoms with E-state index in [1.807, 2.05) is 42.1 Å². The zero-order valence-corrected chi connectivity index (χ0v) is 21.5. The van der Waals surface area contributed by atoms with Gasteiger partial charge in [0.25, 0.3) is 0 Å². The topological polar surface area (TPSA) is 92.0 Å². The highest BCUT2D eigenvalue weighted by atomic mass is 16.2. The van der Waals surface area contributed by atoms with Crippen molar-refractivity contribution in [2.75, 3.05) is 40.3 Å². The van der Waals surface area contributed by atoms with E-state index < -0.39 is 0 Å². The van der Waals surface area contributed by atoms with E-state index in [0.29, 0.717) is 12.6 Å². The van der Waals surface area contributed by atoms with Crippen molar-refractivity contribution < 1.29 is 9.59 Å². The molecule has 0 saturated carbocycles. The molecule has 35 heavy (non-hydrogen) atoms. The molecule has 9 heteroatoms. The Morgan fingerprint density at radius 1 is 1.20 bits per heavy atom. The highest BCUT2D eigenvalue weighted by molar-refractivity contribution is 5.87. The molecule has 4 N–H and O–H groups in total. The molecule has 3 aliphatic heterocycles. The number of amides is 3. The molecule has 192 valence electrons. The molecule has 3 amide bonds. The largest absolute Gasteiger partial charge is 0.339 e. The summed E-state index contributed by atoms with van der Waals surface area (Å²) in [4.78, 5) is 31.4. The molecule has 1 aromatic carbocycles. The van der Waals surface area contributed by atoms with Crippen LogP contribution in [0, 0.1) is 5.92 Å². The highest BCUT2D eigenvalue weighted by Gasteiger charge is 2.55. The van der Waals surface area contributed by atoms with Crippen LogP contribution in [0.3, 0.4) is 0 Å². The molecule has 0 bridgehead atoms. The van der Waals surface area contributed by atoms with Crippen molar-refractivity contribution in [2.45, 2.75) is 56.5 Å². The molecule has 3 saturated heterocycles. The number of carbonyl (C=O) groups is 2. The normalized spacial score (nSPS) is 27.1. The molecule has 4 atom stereocenters. The monoisotopic (exact) mass is 483 g/mol. The van der Waals surface area contributed by atoms with E-state index in [2.05, 4.69) is 58.9 Å². The predicted molar refractivity (Wildman–Crippen MR) is 137 cm³/mol. The Hall–Kier alpha value is -2.46. The third-order valence-electron chi connectivity index (χ3n) is 7.79. The molecule has 3 fully saturated rings. The number of hydrazine groups is 1. The minimum absolute atomic E-state index is 0.00597. The molecular weight excluding hydrogens is 442 g/mol. The minimum Gasteiger partial charge on any atom is -0.339 e. The number of nitrogens with zero attached hydrogens (tertiary/aromatic N) is 3. The van der Waals surface area contributed by atoms with Gasteiger partial charge in [-0.15, -0.1) is 0 Å². The van der Waals surface area contributed by atoms with Crippen LogP contribution in [0.4, 0.5) is 4.79 Å². The summed E-state index contributed by atoms with van der Waals surface area (Å²) in [6, 6.07) is 10.5. The first kappa shape index (κ1) is 25.6. The number of likely N-dealkylation sites (tertiary alicyclic amines) is 2. The summed E-state index contributed by atoms with van der Waals surface area (Å²) in [5, 5.41) is 7.05. The Bertz CT molecular complexity index is 898. The summed E-state index contributed by atoms with van der Waals surface area (Å²) >= 11 is 0. The molecule has 3 heterocycles. The van der Waals surface area contributed by atoms with Gasteiger partial charge in [-0.25, -0.2) is 10.2 Å². The van der Waals surface area contributed by atoms with Gasteiger partial charge in [-0.1, -0.05) is 36.9 Å². The van der Waals surface area contributed by atoms with Crippen LogP contribution in [0.5, 0.6) is 0 Å². The van der Waals surface area contributed by atoms with Crippen LogP contribution in [0.2, 0.25) is 0 Å². The molecular formula is C26H41N7O2. The number of hydrogen-bond acceptors (Lipinski definition) is 6. The van der Waals surface area contributed by atoms with Crippen LogP contribution in [0.25, 0.3) is 0 Å². The van der Waals surface area contributed by atoms with Gasteiger partial charge in [-0.05, 0) is 52.4 Å². The highest BCUT2D eigenvalue weighted by Crippen LogP contribution is 2.37. The van der Waals surface area contributed by atoms with Gasteiger partial charge in [0.2, 0.25) is 5.91 Å². The summed E-state index contributed by atoms with van der Waals surface area (Å²) < 4.78 is 0. The maximum atomic E-state index is 13.6. The Labute approximate surface area is 209 Å². The van der Waals surface area contributed by atoms with Crippen LogP contribution in [-0.2, 0) is 4.79 Å². The molecule has 3 unspecified atom stereocenters. The second-order valence-electron chi connectivity index (χ2n) is 10.8. The summed E-state index contributed by atoms with van der Waals surface area (Å²) in [6.45, 7) is 10.7. The van der Waals surface area contributed by atoms with Crippen molar-refractivity contribution >= 4 is 11.9 Å². The zero-order chi connectivity index (χ0) is 25.2. The standard InChI is InChI=1S/C26H41N7O2/c1-6-22(34)32-14-12-19(13-15-32)27-24-20-16-33(26(2,3)23(20)29-30-24)25(35)28-21(17-31(4)5)18-10-8-7-9-11-18/h6-11,19-21,23-24,27,29-30H,1,12-17H2,2-5H3,(H,28,35)/t20?,21-,23?,24?/m1/s1. The average molecular weight is 484 g/mol. The molecule has 0 radical (unpaired) electrons. The van der Waals surface area contributed by atoms with Gasteiger partial charge in [-0.3, -0.25) is 15.5 Å². The first-order valence-corrected chi connectivity index (χ1v) is 12.7. The van der Waals surface area contributed by atoms with Crippen molar-refractivity contribution in [1.29, 1.82) is 0 Å². The second-order valence-corrected chi connectivity index (χ2v) is 10.8. The van der Waals surface area contributed by atoms with E-state index in [1.54, 1.807) is 0 Å². The van der Waals surface area contributed by atoms with E-state index in [-0.39, 0.29) is 41.6 Å². The first-order valence-electron chi connectivity index (χ1n) is 12.7. The Balaban J connectivity index is 1.39. The van der Waals surface area contributed by atoms with Crippen molar-refractivity contribution in [3.05, 3.63) is 48.6 Å². The van der Waals surface area contributed by atoms with E-state index in [0.717, 1.165) is 38.0 Å². The number of piperidine rings is 1. The van der Waals surface area contributed by atoms with Crippen LogP contribution >= 0.6 is 0 Å². The SMILES string of the molecule is C=CC(=O)N1CCC(NC2NNC3C2CN(C(=O)N[C@H](CN(C)C)c2ccccc2)C3(C)C)CC1. The fraction of sp³-hybridized carbons (Fsp3) is 0.615. The van der Waals surface area contributed by atoms with Gasteiger partial charge in [0.05, 0.1) is 23.8 Å². The number of rotatable bonds is 7. The van der Waals surface area contributed by atoms with E-state index in [9.17, 15) is 9.59 Å². The number of likely N-dealkylation sites (N-methyl/N-ethyl adjacent to an activating group) is 1. The fourth-order valence-corrected chi connectivity index (χ4v) is 5.78. The maximum Gasteiger partial charge on any atom is 0.318 e. The number of hydrogen-bond donors (Lipinski definition) is 4. The van der Waals surface area contributed by atoms with Gasteiger partial charge in [0.15, 0.2) is 0 Å². The number of carbonyl (C=O) groups excluding carboxylic acids is 2. The molecule has 0 spiro atoms. The molecule has 1 aromatic rings. The Morgan fingerprint density at radius 3 is 2.51 bits per heavy atom. The first-order chi connectivity index (χ1) is 16.7. The summed E-state index contributed by atoms with van der Waals surface area (Å²) in [7, 11) is 4.05. The van der Waals surface area contributed by atoms with Gasteiger partial charge >= 0.3 is 6.03 Å². The van der Waals surface area contributed by atoms with Gasteiger partial charge in [0, 0.05) is 38.1 Å². The number of benzene rings is 1. The molecule has 9 nitrogen and oxygen atoms in total. The van der Waals surface area contributed by atoms with Crippen molar-refractivity contribution in [2.24, 2.45) is 5.92 Å². The van der Waals surface area contributed by atoms with Crippen molar-refractivity contribution in [3.8, 4) is 0 Å². The average Bonchev–Trinajstić information content (AvgIpc) is 3.36. The molecule has 3 aliphatic rings. The number of nitrogens with one attached hydrogen (secondary N) is 4. The van der Waals surface area contributed by atoms with E-state index in [4.69, 9.17) is 0 Å². The Kier molecular flexibility index (Phi) is 7.80. The Morgan fingerprint density at radius 2 is 1.89 bits per heavy atom. The number of fused-ring (bicyclic) bond motifs is 1. The quantitative estimate of drug-likeness (QED) is 0.437. The van der Waals surface area contributed by atoms with Crippen LogP contribution in [-0.4, -0.2) is 90.7 Å². The second kappa shape index (κ2) is 10.7. The van der Waals surface area contributed by atoms with E-state index in [1.165, 1.54) is 6.08 Å². The van der Waals surface area contributed by atoms with Crippen molar-refractivity contribution in [1.82, 2.24) is 36.2 Å². The predicted octanol–water partition coefficient (Wildman–Crippen LogP) is 1.28. The van der Waals surface area contributed by atoms with Gasteiger partial charge in [-0.2, -0.15) is 0 Å². The van der Waals surface area contributed by atoms with Gasteiger partial charge in [0.1, 0.15) is 0 Å².